The lowest BCUT2D eigenvalue weighted by atomic mass is 10.3. The number of aryl methyl sites for hydroxylation is 2. The van der Waals surface area contributed by atoms with Crippen molar-refractivity contribution in [2.75, 3.05) is 11.3 Å². The summed E-state index contributed by atoms with van der Waals surface area (Å²) >= 11 is 6.11. The van der Waals surface area contributed by atoms with E-state index in [2.05, 4.69) is 25.7 Å². The lowest BCUT2D eigenvalue weighted by Gasteiger charge is -2.12. The largest absolute Gasteiger partial charge is 0.479 e. The molecule has 0 saturated carbocycles. The molecular weight excluding hydrogens is 378 g/mol. The van der Waals surface area contributed by atoms with Crippen LogP contribution in [-0.4, -0.2) is 34.6 Å². The monoisotopic (exact) mass is 391 g/mol. The van der Waals surface area contributed by atoms with Gasteiger partial charge in [0.1, 0.15) is 18.0 Å². The molecule has 2 aromatic heterocycles. The number of anilines is 1. The van der Waals surface area contributed by atoms with E-state index >= 15 is 0 Å². The summed E-state index contributed by atoms with van der Waals surface area (Å²) in [5.41, 5.74) is 1.47. The van der Waals surface area contributed by atoms with Crippen molar-refractivity contribution in [3.8, 4) is 18.1 Å². The van der Waals surface area contributed by atoms with Crippen LogP contribution in [-0.2, 0) is 10.0 Å². The number of fused-ring (bicyclic) bond motifs is 1. The zero-order valence-corrected chi connectivity index (χ0v) is 15.5. The number of halogens is 1. The second-order valence-electron chi connectivity index (χ2n) is 5.36. The summed E-state index contributed by atoms with van der Waals surface area (Å²) in [7, 11) is -4.12. The maximum absolute atomic E-state index is 12.7. The second kappa shape index (κ2) is 6.82. The Labute approximate surface area is 155 Å². The number of nitrogens with zero attached hydrogens (tertiary/aromatic N) is 4. The van der Waals surface area contributed by atoms with Crippen molar-refractivity contribution in [1.82, 2.24) is 19.6 Å². The molecule has 2 heterocycles. The van der Waals surface area contributed by atoms with E-state index < -0.39 is 15.2 Å². The fraction of sp³-hybridized carbons (Fsp3) is 0.188. The molecule has 0 amide bonds. The first kappa shape index (κ1) is 18.0. The van der Waals surface area contributed by atoms with Crippen molar-refractivity contribution in [3.63, 3.8) is 0 Å². The fourth-order valence-corrected chi connectivity index (χ4v) is 3.52. The van der Waals surface area contributed by atoms with Gasteiger partial charge in [0.2, 0.25) is 0 Å². The lowest BCUT2D eigenvalue weighted by Crippen LogP contribution is -2.16. The molecule has 0 fully saturated rings. The predicted octanol–water partition coefficient (Wildman–Crippen LogP) is 2.21. The molecule has 1 N–H and O–H groups in total. The normalized spacial score (nSPS) is 11.3. The Morgan fingerprint density at radius 2 is 2.12 bits per heavy atom. The standard InChI is InChI=1S/C16H14ClN5O3S/c1-4-8-25-13-7-5-6-12(17)14(13)21-26(23,24)16-19-15-18-10(2)9-11(3)22(15)20-16/h1,5-7,9,21H,8H2,2-3H3. The average molecular weight is 392 g/mol. The highest BCUT2D eigenvalue weighted by molar-refractivity contribution is 7.92. The smallest absolute Gasteiger partial charge is 0.299 e. The van der Waals surface area contributed by atoms with E-state index in [-0.39, 0.29) is 28.8 Å². The van der Waals surface area contributed by atoms with E-state index in [1.54, 1.807) is 32.0 Å². The molecule has 3 aromatic rings. The molecule has 0 spiro atoms. The number of hydrogen-bond donors (Lipinski definition) is 1. The van der Waals surface area contributed by atoms with E-state index in [4.69, 9.17) is 22.8 Å². The van der Waals surface area contributed by atoms with Crippen molar-refractivity contribution in [1.29, 1.82) is 0 Å². The Balaban J connectivity index is 2.03. The van der Waals surface area contributed by atoms with Gasteiger partial charge in [-0.15, -0.1) is 11.5 Å². The van der Waals surface area contributed by atoms with Gasteiger partial charge in [-0.05, 0) is 32.0 Å². The third-order valence-electron chi connectivity index (χ3n) is 3.36. The van der Waals surface area contributed by atoms with Crippen molar-refractivity contribution in [2.45, 2.75) is 19.0 Å². The van der Waals surface area contributed by atoms with Crippen LogP contribution in [0.3, 0.4) is 0 Å². The van der Waals surface area contributed by atoms with Gasteiger partial charge in [-0.1, -0.05) is 23.6 Å². The number of aromatic nitrogens is 4. The molecule has 0 saturated heterocycles. The van der Waals surface area contributed by atoms with Crippen molar-refractivity contribution in [2.24, 2.45) is 0 Å². The number of para-hydroxylation sites is 1. The van der Waals surface area contributed by atoms with Crippen LogP contribution in [0.4, 0.5) is 5.69 Å². The van der Waals surface area contributed by atoms with Gasteiger partial charge in [-0.2, -0.15) is 13.4 Å². The summed E-state index contributed by atoms with van der Waals surface area (Å²) in [5, 5.41) is 3.74. The van der Waals surface area contributed by atoms with Crippen LogP contribution in [0.25, 0.3) is 5.78 Å². The molecule has 10 heteroatoms. The molecule has 134 valence electrons. The van der Waals surface area contributed by atoms with E-state index in [1.165, 1.54) is 10.6 Å². The maximum atomic E-state index is 12.7. The van der Waals surface area contributed by atoms with Crippen molar-refractivity contribution < 1.29 is 13.2 Å². The third kappa shape index (κ3) is 3.42. The molecule has 3 rings (SSSR count). The summed E-state index contributed by atoms with van der Waals surface area (Å²) in [6.07, 6.45) is 5.18. The number of terminal acetylenes is 1. The quantitative estimate of drug-likeness (QED) is 0.669. The van der Waals surface area contributed by atoms with Crippen LogP contribution in [0.5, 0.6) is 5.75 Å². The third-order valence-corrected chi connectivity index (χ3v) is 4.80. The predicted molar refractivity (Wildman–Crippen MR) is 96.8 cm³/mol. The molecule has 0 unspecified atom stereocenters. The number of sulfonamides is 1. The van der Waals surface area contributed by atoms with Gasteiger partial charge < -0.3 is 4.74 Å². The second-order valence-corrected chi connectivity index (χ2v) is 7.34. The van der Waals surface area contributed by atoms with E-state index in [0.29, 0.717) is 11.4 Å². The van der Waals surface area contributed by atoms with E-state index in [1.807, 2.05) is 0 Å². The molecule has 0 aliphatic rings. The lowest BCUT2D eigenvalue weighted by molar-refractivity contribution is 0.372. The molecule has 0 aliphatic heterocycles. The van der Waals surface area contributed by atoms with Crippen LogP contribution in [0.15, 0.2) is 29.4 Å². The molecular formula is C16H14ClN5O3S. The molecule has 0 bridgehead atoms. The Morgan fingerprint density at radius 3 is 2.85 bits per heavy atom. The summed E-state index contributed by atoms with van der Waals surface area (Å²) in [5.74, 6) is 2.70. The average Bonchev–Trinajstić information content (AvgIpc) is 3.00. The highest BCUT2D eigenvalue weighted by Gasteiger charge is 2.24. The minimum atomic E-state index is -4.12. The van der Waals surface area contributed by atoms with Gasteiger partial charge in [0.25, 0.3) is 21.0 Å². The van der Waals surface area contributed by atoms with Gasteiger partial charge >= 0.3 is 0 Å². The van der Waals surface area contributed by atoms with Crippen molar-refractivity contribution >= 4 is 33.1 Å². The van der Waals surface area contributed by atoms with Gasteiger partial charge in [0.05, 0.1) is 5.02 Å². The topological polar surface area (TPSA) is 98.5 Å². The maximum Gasteiger partial charge on any atom is 0.299 e. The van der Waals surface area contributed by atoms with Crippen LogP contribution in [0.2, 0.25) is 5.02 Å². The molecule has 26 heavy (non-hydrogen) atoms. The van der Waals surface area contributed by atoms with Gasteiger partial charge in [0.15, 0.2) is 0 Å². The number of hydrogen-bond acceptors (Lipinski definition) is 6. The number of nitrogens with one attached hydrogen (secondary N) is 1. The zero-order chi connectivity index (χ0) is 18.9. The highest BCUT2D eigenvalue weighted by atomic mass is 35.5. The zero-order valence-electron chi connectivity index (χ0n) is 13.9. The Kier molecular flexibility index (Phi) is 4.71. The number of ether oxygens (including phenoxy) is 1. The Hall–Kier alpha value is -2.83. The fourth-order valence-electron chi connectivity index (χ4n) is 2.28. The highest BCUT2D eigenvalue weighted by Crippen LogP contribution is 2.33. The van der Waals surface area contributed by atoms with Crippen LogP contribution >= 0.6 is 11.6 Å². The van der Waals surface area contributed by atoms with Gasteiger partial charge in [-0.25, -0.2) is 9.50 Å². The van der Waals surface area contributed by atoms with Gasteiger partial charge in [-0.3, -0.25) is 4.72 Å². The first-order chi connectivity index (χ1) is 12.3. The number of rotatable bonds is 5. The Morgan fingerprint density at radius 1 is 1.35 bits per heavy atom. The van der Waals surface area contributed by atoms with Crippen LogP contribution in [0.1, 0.15) is 11.4 Å². The summed E-state index contributed by atoms with van der Waals surface area (Å²) in [6, 6.07) is 6.46. The Bertz CT molecular complexity index is 1130. The van der Waals surface area contributed by atoms with Crippen LogP contribution < -0.4 is 9.46 Å². The summed E-state index contributed by atoms with van der Waals surface area (Å²) in [4.78, 5) is 8.18. The SMILES string of the molecule is C#CCOc1cccc(Cl)c1NS(=O)(=O)c1nc2nc(C)cc(C)n2n1. The minimum absolute atomic E-state index is 0.0376. The molecule has 8 nitrogen and oxygen atoms in total. The van der Waals surface area contributed by atoms with Gasteiger partial charge in [0, 0.05) is 11.4 Å². The minimum Gasteiger partial charge on any atom is -0.479 e. The first-order valence-corrected chi connectivity index (χ1v) is 9.26. The molecule has 0 radical (unpaired) electrons. The van der Waals surface area contributed by atoms with Crippen molar-refractivity contribution in [3.05, 3.63) is 40.7 Å². The van der Waals surface area contributed by atoms with Crippen LogP contribution in [0, 0.1) is 26.2 Å². The number of benzene rings is 1. The molecule has 0 atom stereocenters. The molecule has 0 aliphatic carbocycles. The first-order valence-electron chi connectivity index (χ1n) is 7.40. The molecule has 1 aromatic carbocycles. The van der Waals surface area contributed by atoms with E-state index in [9.17, 15) is 8.42 Å². The summed E-state index contributed by atoms with van der Waals surface area (Å²) < 4.78 is 34.5. The van der Waals surface area contributed by atoms with E-state index in [0.717, 1.165) is 0 Å². The summed E-state index contributed by atoms with van der Waals surface area (Å²) in [6.45, 7) is 3.52.